The van der Waals surface area contributed by atoms with Gasteiger partial charge in [0, 0.05) is 31.0 Å². The summed E-state index contributed by atoms with van der Waals surface area (Å²) in [6.07, 6.45) is 4.45. The highest BCUT2D eigenvalue weighted by atomic mass is 16.3. The van der Waals surface area contributed by atoms with E-state index in [1.807, 2.05) is 16.9 Å². The zero-order chi connectivity index (χ0) is 13.7. The number of carbonyl (C=O) groups is 1. The van der Waals surface area contributed by atoms with Crippen LogP contribution in [0, 0.1) is 6.92 Å². The molecule has 0 aliphatic carbocycles. The van der Waals surface area contributed by atoms with Crippen molar-refractivity contribution >= 4 is 5.91 Å². The van der Waals surface area contributed by atoms with Gasteiger partial charge in [0.15, 0.2) is 0 Å². The average Bonchev–Trinajstić information content (AvgIpc) is 2.91. The van der Waals surface area contributed by atoms with Crippen molar-refractivity contribution in [3.05, 3.63) is 47.8 Å². The summed E-state index contributed by atoms with van der Waals surface area (Å²) in [5.74, 6) is 0.0822. The second-order valence-corrected chi connectivity index (χ2v) is 4.38. The van der Waals surface area contributed by atoms with Gasteiger partial charge in [0.2, 0.25) is 0 Å². The standard InChI is InChI=1S/C14H17N3O2/c1-11-10-12(4-5-13(11)18)14(19)15-6-2-8-17-9-3-7-16-17/h3-5,7,9-10,18H,2,6,8H2,1H3,(H,15,19). The molecular formula is C14H17N3O2. The molecule has 1 amide bonds. The van der Waals surface area contributed by atoms with Crippen molar-refractivity contribution in [1.29, 1.82) is 0 Å². The van der Waals surface area contributed by atoms with Crippen molar-refractivity contribution in [2.45, 2.75) is 19.9 Å². The van der Waals surface area contributed by atoms with Gasteiger partial charge in [0.1, 0.15) is 5.75 Å². The van der Waals surface area contributed by atoms with Gasteiger partial charge in [-0.3, -0.25) is 9.48 Å². The minimum Gasteiger partial charge on any atom is -0.508 e. The van der Waals surface area contributed by atoms with Gasteiger partial charge in [0.05, 0.1) is 0 Å². The van der Waals surface area contributed by atoms with Gasteiger partial charge in [-0.15, -0.1) is 0 Å². The van der Waals surface area contributed by atoms with Crippen LogP contribution in [0.4, 0.5) is 0 Å². The predicted octanol–water partition coefficient (Wildman–Crippen LogP) is 1.72. The Morgan fingerprint density at radius 2 is 2.32 bits per heavy atom. The summed E-state index contributed by atoms with van der Waals surface area (Å²) < 4.78 is 1.83. The number of rotatable bonds is 5. The maximum Gasteiger partial charge on any atom is 0.251 e. The van der Waals surface area contributed by atoms with Crippen LogP contribution in [-0.2, 0) is 6.54 Å². The van der Waals surface area contributed by atoms with Crippen LogP contribution in [0.1, 0.15) is 22.3 Å². The van der Waals surface area contributed by atoms with Gasteiger partial charge in [-0.05, 0) is 43.2 Å². The molecule has 2 aromatic rings. The molecule has 2 rings (SSSR count). The van der Waals surface area contributed by atoms with E-state index in [2.05, 4.69) is 10.4 Å². The third-order valence-electron chi connectivity index (χ3n) is 2.87. The molecule has 0 fully saturated rings. The second-order valence-electron chi connectivity index (χ2n) is 4.38. The molecule has 100 valence electrons. The number of aromatic nitrogens is 2. The fourth-order valence-corrected chi connectivity index (χ4v) is 1.77. The van der Waals surface area contributed by atoms with Gasteiger partial charge in [-0.25, -0.2) is 0 Å². The summed E-state index contributed by atoms with van der Waals surface area (Å²) in [4.78, 5) is 11.9. The number of hydrogen-bond donors (Lipinski definition) is 2. The first-order chi connectivity index (χ1) is 9.16. The first-order valence-corrected chi connectivity index (χ1v) is 6.22. The van der Waals surface area contributed by atoms with Crippen molar-refractivity contribution in [2.24, 2.45) is 0 Å². The highest BCUT2D eigenvalue weighted by Gasteiger charge is 2.06. The van der Waals surface area contributed by atoms with Crippen LogP contribution >= 0.6 is 0 Å². The Labute approximate surface area is 111 Å². The number of amides is 1. The summed E-state index contributed by atoms with van der Waals surface area (Å²) >= 11 is 0. The second kappa shape index (κ2) is 6.04. The van der Waals surface area contributed by atoms with E-state index in [-0.39, 0.29) is 11.7 Å². The largest absolute Gasteiger partial charge is 0.508 e. The van der Waals surface area contributed by atoms with Crippen LogP contribution in [0.25, 0.3) is 0 Å². The molecule has 0 unspecified atom stereocenters. The Balaban J connectivity index is 1.79. The Hall–Kier alpha value is -2.30. The van der Waals surface area contributed by atoms with Crippen molar-refractivity contribution in [3.8, 4) is 5.75 Å². The third-order valence-corrected chi connectivity index (χ3v) is 2.87. The molecule has 0 radical (unpaired) electrons. The van der Waals surface area contributed by atoms with Crippen LogP contribution in [0.2, 0.25) is 0 Å². The van der Waals surface area contributed by atoms with Crippen molar-refractivity contribution in [3.63, 3.8) is 0 Å². The highest BCUT2D eigenvalue weighted by Crippen LogP contribution is 2.16. The van der Waals surface area contributed by atoms with E-state index in [0.29, 0.717) is 17.7 Å². The molecule has 2 N–H and O–H groups in total. The van der Waals surface area contributed by atoms with Crippen LogP contribution < -0.4 is 5.32 Å². The fraction of sp³-hybridized carbons (Fsp3) is 0.286. The number of aryl methyl sites for hydroxylation is 2. The van der Waals surface area contributed by atoms with Gasteiger partial charge >= 0.3 is 0 Å². The molecule has 1 heterocycles. The fourth-order valence-electron chi connectivity index (χ4n) is 1.77. The topological polar surface area (TPSA) is 67.2 Å². The molecule has 0 saturated carbocycles. The molecule has 0 atom stereocenters. The Bertz CT molecular complexity index is 550. The predicted molar refractivity (Wildman–Crippen MR) is 72.0 cm³/mol. The zero-order valence-corrected chi connectivity index (χ0v) is 10.8. The lowest BCUT2D eigenvalue weighted by atomic mass is 10.1. The molecule has 5 nitrogen and oxygen atoms in total. The molecule has 1 aromatic heterocycles. The quantitative estimate of drug-likeness (QED) is 0.803. The van der Waals surface area contributed by atoms with Crippen LogP contribution in [-0.4, -0.2) is 27.3 Å². The first-order valence-electron chi connectivity index (χ1n) is 6.22. The van der Waals surface area contributed by atoms with E-state index in [1.54, 1.807) is 25.3 Å². The SMILES string of the molecule is Cc1cc(C(=O)NCCCn2cccn2)ccc1O. The van der Waals surface area contributed by atoms with Crippen LogP contribution in [0.3, 0.4) is 0 Å². The summed E-state index contributed by atoms with van der Waals surface area (Å²) in [6.45, 7) is 3.14. The summed E-state index contributed by atoms with van der Waals surface area (Å²) in [5.41, 5.74) is 1.26. The monoisotopic (exact) mass is 259 g/mol. The van der Waals surface area contributed by atoms with E-state index in [4.69, 9.17) is 0 Å². The maximum atomic E-state index is 11.9. The Morgan fingerprint density at radius 1 is 1.47 bits per heavy atom. The van der Waals surface area contributed by atoms with E-state index in [0.717, 1.165) is 13.0 Å². The van der Waals surface area contributed by atoms with E-state index in [9.17, 15) is 9.90 Å². The molecule has 5 heteroatoms. The van der Waals surface area contributed by atoms with E-state index >= 15 is 0 Å². The van der Waals surface area contributed by atoms with Crippen molar-refractivity contribution in [1.82, 2.24) is 15.1 Å². The maximum absolute atomic E-state index is 11.9. The number of nitrogens with zero attached hydrogens (tertiary/aromatic N) is 2. The molecule has 0 bridgehead atoms. The van der Waals surface area contributed by atoms with E-state index < -0.39 is 0 Å². The number of nitrogens with one attached hydrogen (secondary N) is 1. The molecular weight excluding hydrogens is 242 g/mol. The normalized spacial score (nSPS) is 10.4. The molecule has 0 aliphatic rings. The Kier molecular flexibility index (Phi) is 4.18. The lowest BCUT2D eigenvalue weighted by Gasteiger charge is -2.07. The van der Waals surface area contributed by atoms with Gasteiger partial charge in [-0.2, -0.15) is 5.10 Å². The summed E-state index contributed by atoms with van der Waals surface area (Å²) in [6, 6.07) is 6.70. The van der Waals surface area contributed by atoms with E-state index in [1.165, 1.54) is 6.07 Å². The van der Waals surface area contributed by atoms with Crippen LogP contribution in [0.15, 0.2) is 36.7 Å². The lowest BCUT2D eigenvalue weighted by molar-refractivity contribution is 0.0952. The van der Waals surface area contributed by atoms with Crippen molar-refractivity contribution < 1.29 is 9.90 Å². The smallest absolute Gasteiger partial charge is 0.251 e. The van der Waals surface area contributed by atoms with Gasteiger partial charge < -0.3 is 10.4 Å². The summed E-state index contributed by atoms with van der Waals surface area (Å²) in [7, 11) is 0. The first kappa shape index (κ1) is 13.1. The molecule has 0 saturated heterocycles. The minimum absolute atomic E-state index is 0.122. The zero-order valence-electron chi connectivity index (χ0n) is 10.8. The number of hydrogen-bond acceptors (Lipinski definition) is 3. The molecule has 0 aliphatic heterocycles. The summed E-state index contributed by atoms with van der Waals surface area (Å²) in [5, 5.41) is 16.3. The highest BCUT2D eigenvalue weighted by molar-refractivity contribution is 5.94. The third kappa shape index (κ3) is 3.58. The lowest BCUT2D eigenvalue weighted by Crippen LogP contribution is -2.25. The molecule has 0 spiro atoms. The van der Waals surface area contributed by atoms with Crippen molar-refractivity contribution in [2.75, 3.05) is 6.54 Å². The van der Waals surface area contributed by atoms with Gasteiger partial charge in [-0.1, -0.05) is 0 Å². The number of aromatic hydroxyl groups is 1. The Morgan fingerprint density at radius 3 is 3.00 bits per heavy atom. The van der Waals surface area contributed by atoms with Crippen LogP contribution in [0.5, 0.6) is 5.75 Å². The molecule has 1 aromatic carbocycles. The minimum atomic E-state index is -0.122. The average molecular weight is 259 g/mol. The molecule has 19 heavy (non-hydrogen) atoms. The number of phenols is 1. The number of carbonyl (C=O) groups excluding carboxylic acids is 1. The number of benzene rings is 1. The van der Waals surface area contributed by atoms with Gasteiger partial charge in [0.25, 0.3) is 5.91 Å². The number of phenolic OH excluding ortho intramolecular Hbond substituents is 1.